The molecular weight excluding hydrogens is 122 g/mol. The lowest BCUT2D eigenvalue weighted by Gasteiger charge is -2.05. The fourth-order valence-corrected chi connectivity index (χ4v) is 0.474. The van der Waals surface area contributed by atoms with Crippen LogP contribution in [0.5, 0.6) is 0 Å². The first kappa shape index (κ1) is 7.80. The minimum absolute atomic E-state index is 0.311. The molecule has 0 bridgehead atoms. The summed E-state index contributed by atoms with van der Waals surface area (Å²) in [7, 11) is 0. The Balaban J connectivity index is 3.87. The maximum absolute atomic E-state index is 10.7. The van der Waals surface area contributed by atoms with E-state index < -0.39 is 11.4 Å². The summed E-state index contributed by atoms with van der Waals surface area (Å²) in [6.45, 7) is 10.2. The molecule has 0 rings (SSSR count). The van der Waals surface area contributed by atoms with Crippen LogP contribution >= 0.6 is 0 Å². The number of nitrogens with zero attached hydrogens (tertiary/aromatic N) is 1. The van der Waals surface area contributed by atoms with E-state index in [0.717, 1.165) is 0 Å². The Morgan fingerprint density at radius 3 is 1.88 bits per heavy atom. The van der Waals surface area contributed by atoms with E-state index in [9.17, 15) is 4.55 Å². The maximum atomic E-state index is 10.7. The van der Waals surface area contributed by atoms with Gasteiger partial charge in [0.15, 0.2) is 9.00 Å². The Morgan fingerprint density at radius 2 is 1.88 bits per heavy atom. The molecule has 1 atom stereocenters. The van der Waals surface area contributed by atoms with Gasteiger partial charge in [0.25, 0.3) is 0 Å². The van der Waals surface area contributed by atoms with Gasteiger partial charge in [0, 0.05) is 0 Å². The van der Waals surface area contributed by atoms with Gasteiger partial charge in [-0.05, 0) is 20.8 Å². The zero-order chi connectivity index (χ0) is 6.78. The van der Waals surface area contributed by atoms with Crippen LogP contribution in [0.2, 0.25) is 0 Å². The Morgan fingerprint density at radius 1 is 1.50 bits per heavy atom. The van der Waals surface area contributed by atoms with Gasteiger partial charge in [-0.3, -0.25) is 0 Å². The lowest BCUT2D eigenvalue weighted by Crippen LogP contribution is -2.24. The van der Waals surface area contributed by atoms with Crippen LogP contribution in [0.4, 0.5) is 0 Å². The summed E-state index contributed by atoms with van der Waals surface area (Å²) < 4.78 is 13.5. The van der Waals surface area contributed by atoms with Crippen LogP contribution in [0.1, 0.15) is 20.8 Å². The smallest absolute Gasteiger partial charge is 0.379 e. The van der Waals surface area contributed by atoms with E-state index in [4.69, 9.17) is 6.57 Å². The van der Waals surface area contributed by atoms with Gasteiger partial charge >= 0.3 is 17.9 Å². The molecule has 0 saturated heterocycles. The molecule has 0 aliphatic carbocycles. The van der Waals surface area contributed by atoms with Crippen LogP contribution in [0, 0.1) is 6.57 Å². The summed E-state index contributed by atoms with van der Waals surface area (Å²) in [6, 6.07) is 0. The summed E-state index contributed by atoms with van der Waals surface area (Å²) >= 11 is -1.24. The molecule has 0 aromatic rings. The van der Waals surface area contributed by atoms with Crippen LogP contribution in [0.3, 0.4) is 0 Å². The van der Waals surface area contributed by atoms with Crippen LogP contribution < -0.4 is 0 Å². The number of rotatable bonds is 0. The van der Waals surface area contributed by atoms with Crippen molar-refractivity contribution in [3.8, 4) is 6.57 Å². The normalized spacial score (nSPS) is 14.9. The summed E-state index contributed by atoms with van der Waals surface area (Å²) in [5.74, 6) is 0. The molecule has 0 heterocycles. The van der Waals surface area contributed by atoms with Gasteiger partial charge in [-0.25, -0.2) is 0 Å². The Hall–Kier alpha value is -0.200. The van der Waals surface area contributed by atoms with E-state index in [1.165, 1.54) is 0 Å². The van der Waals surface area contributed by atoms with Crippen LogP contribution in [-0.4, -0.2) is 9.30 Å². The van der Waals surface area contributed by atoms with Crippen molar-refractivity contribution in [3.05, 3.63) is 4.25 Å². The molecule has 0 radical (unpaired) electrons. The molecule has 0 unspecified atom stereocenters. The summed E-state index contributed by atoms with van der Waals surface area (Å²) in [4.78, 5) is 0. The molecule has 0 aromatic heterocycles. The third kappa shape index (κ3) is 2.20. The van der Waals surface area contributed by atoms with E-state index in [1.54, 1.807) is 0 Å². The van der Waals surface area contributed by atoms with Crippen molar-refractivity contribution >= 4 is 11.4 Å². The topological polar surface area (TPSA) is 27.4 Å². The minimum Gasteiger partial charge on any atom is -0.542 e. The lowest BCUT2D eigenvalue weighted by molar-refractivity contribution is 0.569. The van der Waals surface area contributed by atoms with E-state index >= 15 is 0 Å². The first-order chi connectivity index (χ1) is 3.48. The van der Waals surface area contributed by atoms with Crippen molar-refractivity contribution in [1.29, 1.82) is 0 Å². The molecule has 0 N–H and O–H groups in total. The average Bonchev–Trinajstić information content (AvgIpc) is 1.62. The molecule has 0 saturated carbocycles. The average molecular weight is 132 g/mol. The third-order valence-electron chi connectivity index (χ3n) is 0.620. The second-order valence-electron chi connectivity index (χ2n) is 2.47. The van der Waals surface area contributed by atoms with Gasteiger partial charge in [-0.15, -0.1) is 0 Å². The van der Waals surface area contributed by atoms with Crippen LogP contribution in [0.25, 0.3) is 4.25 Å². The van der Waals surface area contributed by atoms with E-state index in [2.05, 4.69) is 4.25 Å². The van der Waals surface area contributed by atoms with Crippen molar-refractivity contribution < 1.29 is 4.55 Å². The Kier molecular flexibility index (Phi) is 2.32. The summed E-state index contributed by atoms with van der Waals surface area (Å²) in [6.07, 6.45) is 0. The molecule has 0 aliphatic rings. The Bertz CT molecular complexity index is 111. The molecule has 0 fully saturated rings. The predicted octanol–water partition coefficient (Wildman–Crippen LogP) is 1.41. The second kappa shape index (κ2) is 2.38. The highest BCUT2D eigenvalue weighted by atomic mass is 32.2. The van der Waals surface area contributed by atoms with Gasteiger partial charge in [0.05, 0.1) is 0 Å². The monoisotopic (exact) mass is 132 g/mol. The quantitative estimate of drug-likeness (QED) is 0.458. The molecule has 46 valence electrons. The number of hydrogen-bond acceptors (Lipinski definition) is 1. The highest BCUT2D eigenvalue weighted by molar-refractivity contribution is 7.94. The molecular formula is C5H10NOS+. The largest absolute Gasteiger partial charge is 0.542 e. The molecule has 8 heavy (non-hydrogen) atoms. The summed E-state index contributed by atoms with van der Waals surface area (Å²) in [5.41, 5.74) is 0. The molecule has 0 spiro atoms. The lowest BCUT2D eigenvalue weighted by atomic mass is 10.3. The SMILES string of the molecule is C#[N+][S@@+]([O-])C(C)(C)C. The molecule has 3 heteroatoms. The fourth-order valence-electron chi connectivity index (χ4n) is 0.158. The highest BCUT2D eigenvalue weighted by Gasteiger charge is 2.36. The van der Waals surface area contributed by atoms with Gasteiger partial charge < -0.3 is 4.55 Å². The highest BCUT2D eigenvalue weighted by Crippen LogP contribution is 2.15. The van der Waals surface area contributed by atoms with Gasteiger partial charge in [0.2, 0.25) is 0 Å². The first-order valence-corrected chi connectivity index (χ1v) is 3.42. The molecule has 0 aromatic carbocycles. The maximum Gasteiger partial charge on any atom is 0.379 e. The van der Waals surface area contributed by atoms with Crippen molar-refractivity contribution in [2.45, 2.75) is 25.5 Å². The van der Waals surface area contributed by atoms with Gasteiger partial charge in [-0.2, -0.15) is 0 Å². The van der Waals surface area contributed by atoms with Gasteiger partial charge in [-0.1, -0.05) is 0 Å². The standard InChI is InChI=1S/C5H10NOS/c1-5(2,3)8(7)6-4/h4H,1-3H3/q+1/t8-/m0/s1. The predicted molar refractivity (Wildman–Crippen MR) is 36.2 cm³/mol. The first-order valence-electron chi connectivity index (χ1n) is 2.31. The van der Waals surface area contributed by atoms with Crippen molar-refractivity contribution in [3.63, 3.8) is 0 Å². The second-order valence-corrected chi connectivity index (χ2v) is 4.40. The third-order valence-corrected chi connectivity index (χ3v) is 1.86. The fraction of sp³-hybridized carbons (Fsp3) is 0.800. The summed E-state index contributed by atoms with van der Waals surface area (Å²) in [5, 5.41) is 0. The van der Waals surface area contributed by atoms with Crippen molar-refractivity contribution in [2.24, 2.45) is 0 Å². The zero-order valence-corrected chi connectivity index (χ0v) is 6.16. The van der Waals surface area contributed by atoms with Gasteiger partial charge in [0.1, 0.15) is 0 Å². The van der Waals surface area contributed by atoms with E-state index in [0.29, 0.717) is 0 Å². The number of hydrogen-bond donors (Lipinski definition) is 0. The van der Waals surface area contributed by atoms with Crippen LogP contribution in [0.15, 0.2) is 0 Å². The molecule has 0 amide bonds. The van der Waals surface area contributed by atoms with Crippen molar-refractivity contribution in [1.82, 2.24) is 0 Å². The minimum atomic E-state index is -1.24. The Labute approximate surface area is 53.0 Å². The zero-order valence-electron chi connectivity index (χ0n) is 5.34. The molecule has 2 nitrogen and oxygen atoms in total. The van der Waals surface area contributed by atoms with E-state index in [1.807, 2.05) is 20.8 Å². The molecule has 0 aliphatic heterocycles. The van der Waals surface area contributed by atoms with Crippen LogP contribution in [-0.2, 0) is 11.4 Å². The van der Waals surface area contributed by atoms with E-state index in [-0.39, 0.29) is 4.75 Å². The van der Waals surface area contributed by atoms with Crippen molar-refractivity contribution in [2.75, 3.05) is 0 Å².